The molecule has 156 valence electrons. The zero-order valence-electron chi connectivity index (χ0n) is 15.6. The summed E-state index contributed by atoms with van der Waals surface area (Å²) < 4.78 is 28.7. The quantitative estimate of drug-likeness (QED) is 0.590. The van der Waals surface area contributed by atoms with Gasteiger partial charge in [-0.25, -0.2) is 0 Å². The number of hydrogen-bond acceptors (Lipinski definition) is 3. The van der Waals surface area contributed by atoms with Crippen molar-refractivity contribution in [3.05, 3.63) is 58.1 Å². The minimum Gasteiger partial charge on any atom is -0.435 e. The second kappa shape index (κ2) is 11.0. The van der Waals surface area contributed by atoms with Crippen molar-refractivity contribution in [1.29, 1.82) is 0 Å². The summed E-state index contributed by atoms with van der Waals surface area (Å²) in [5.74, 6) is -0.635. The monoisotopic (exact) mass is 444 g/mol. The molecule has 0 atom stereocenters. The average molecular weight is 445 g/mol. The van der Waals surface area contributed by atoms with E-state index in [4.69, 9.17) is 23.2 Å². The Morgan fingerprint density at radius 1 is 1.14 bits per heavy atom. The summed E-state index contributed by atoms with van der Waals surface area (Å²) in [4.78, 5) is 26.4. The highest BCUT2D eigenvalue weighted by atomic mass is 35.5. The number of anilines is 1. The molecule has 0 saturated heterocycles. The average Bonchev–Trinajstić information content (AvgIpc) is 2.65. The van der Waals surface area contributed by atoms with Gasteiger partial charge < -0.3 is 15.0 Å². The number of rotatable bonds is 9. The lowest BCUT2D eigenvalue weighted by Gasteiger charge is -2.22. The van der Waals surface area contributed by atoms with Gasteiger partial charge in [-0.1, -0.05) is 42.3 Å². The predicted octanol–water partition coefficient (Wildman–Crippen LogP) is 5.01. The Labute approximate surface area is 177 Å². The Kier molecular flexibility index (Phi) is 8.67. The largest absolute Gasteiger partial charge is 0.435 e. The van der Waals surface area contributed by atoms with Crippen molar-refractivity contribution < 1.29 is 23.1 Å². The van der Waals surface area contributed by atoms with Gasteiger partial charge in [0.1, 0.15) is 5.75 Å². The van der Waals surface area contributed by atoms with Crippen LogP contribution in [-0.4, -0.2) is 36.4 Å². The molecule has 1 N–H and O–H groups in total. The molecule has 0 bridgehead atoms. The first kappa shape index (κ1) is 22.9. The van der Waals surface area contributed by atoms with Gasteiger partial charge in [0.2, 0.25) is 11.8 Å². The zero-order valence-corrected chi connectivity index (χ0v) is 17.1. The first-order chi connectivity index (χ1) is 13.8. The third-order valence-electron chi connectivity index (χ3n) is 3.89. The molecule has 0 heterocycles. The molecule has 0 aliphatic heterocycles. The van der Waals surface area contributed by atoms with Crippen LogP contribution in [0.25, 0.3) is 0 Å². The molecule has 0 saturated carbocycles. The van der Waals surface area contributed by atoms with Gasteiger partial charge in [0.25, 0.3) is 0 Å². The normalized spacial score (nSPS) is 10.7. The number of amides is 2. The maximum absolute atomic E-state index is 12.6. The third-order valence-corrected chi connectivity index (χ3v) is 4.44. The molecule has 0 fully saturated rings. The number of ether oxygens (including phenoxy) is 1. The molecule has 2 aromatic rings. The van der Waals surface area contributed by atoms with E-state index in [1.54, 1.807) is 12.1 Å². The molecule has 29 heavy (non-hydrogen) atoms. The number of benzene rings is 2. The summed E-state index contributed by atoms with van der Waals surface area (Å²) in [5, 5.41) is 3.40. The van der Waals surface area contributed by atoms with Gasteiger partial charge in [0.05, 0.1) is 23.7 Å². The van der Waals surface area contributed by atoms with Gasteiger partial charge in [0.15, 0.2) is 0 Å². The highest BCUT2D eigenvalue weighted by molar-refractivity contribution is 6.36. The topological polar surface area (TPSA) is 58.6 Å². The van der Waals surface area contributed by atoms with Crippen molar-refractivity contribution in [2.75, 3.05) is 18.4 Å². The fourth-order valence-electron chi connectivity index (χ4n) is 2.59. The van der Waals surface area contributed by atoms with Crippen LogP contribution in [0.15, 0.2) is 42.5 Å². The molecule has 2 amide bonds. The van der Waals surface area contributed by atoms with Crippen molar-refractivity contribution in [2.24, 2.45) is 0 Å². The van der Waals surface area contributed by atoms with Crippen molar-refractivity contribution in [1.82, 2.24) is 4.90 Å². The molecule has 2 rings (SSSR count). The van der Waals surface area contributed by atoms with E-state index in [1.807, 2.05) is 6.92 Å². The van der Waals surface area contributed by atoms with E-state index in [1.165, 1.54) is 35.2 Å². The molecule has 0 spiro atoms. The summed E-state index contributed by atoms with van der Waals surface area (Å²) in [6.07, 6.45) is 0.700. The van der Waals surface area contributed by atoms with Crippen LogP contribution < -0.4 is 10.1 Å². The molecule has 0 radical (unpaired) electrons. The highest BCUT2D eigenvalue weighted by Crippen LogP contribution is 2.25. The number of alkyl halides is 2. The Hall–Kier alpha value is -2.38. The number of carbonyl (C=O) groups is 2. The van der Waals surface area contributed by atoms with Crippen molar-refractivity contribution in [3.8, 4) is 5.75 Å². The summed E-state index contributed by atoms with van der Waals surface area (Å²) in [5.41, 5.74) is 1.03. The van der Waals surface area contributed by atoms with Crippen LogP contribution in [0.3, 0.4) is 0 Å². The Morgan fingerprint density at radius 2 is 1.83 bits per heavy atom. The lowest BCUT2D eigenvalue weighted by molar-refractivity contribution is -0.134. The molecule has 0 aliphatic rings. The second-order valence-corrected chi connectivity index (χ2v) is 7.03. The van der Waals surface area contributed by atoms with Crippen molar-refractivity contribution in [2.45, 2.75) is 26.4 Å². The third kappa shape index (κ3) is 7.51. The summed E-state index contributed by atoms with van der Waals surface area (Å²) in [6.45, 7) is -0.758. The zero-order chi connectivity index (χ0) is 21.4. The summed E-state index contributed by atoms with van der Waals surface area (Å²) in [7, 11) is 0. The number of hydrogen-bond donors (Lipinski definition) is 1. The van der Waals surface area contributed by atoms with E-state index in [-0.39, 0.29) is 24.6 Å². The molecule has 0 aromatic heterocycles. The Balaban J connectivity index is 1.98. The Bertz CT molecular complexity index is 848. The van der Waals surface area contributed by atoms with Crippen LogP contribution >= 0.6 is 23.2 Å². The Morgan fingerprint density at radius 3 is 2.41 bits per heavy atom. The van der Waals surface area contributed by atoms with E-state index in [9.17, 15) is 18.4 Å². The molecule has 0 aliphatic carbocycles. The van der Waals surface area contributed by atoms with Gasteiger partial charge in [-0.15, -0.1) is 0 Å². The van der Waals surface area contributed by atoms with Crippen LogP contribution in [0.5, 0.6) is 5.75 Å². The molecule has 9 heteroatoms. The maximum Gasteiger partial charge on any atom is 0.387 e. The molecular formula is C20H20Cl2F2N2O3. The number of halogens is 4. The lowest BCUT2D eigenvalue weighted by Crippen LogP contribution is -2.39. The van der Waals surface area contributed by atoms with Crippen LogP contribution in [0.4, 0.5) is 14.5 Å². The second-order valence-electron chi connectivity index (χ2n) is 6.19. The van der Waals surface area contributed by atoms with Gasteiger partial charge in [-0.2, -0.15) is 8.78 Å². The predicted molar refractivity (Wildman–Crippen MR) is 109 cm³/mol. The number of nitrogens with one attached hydrogen (secondary N) is 1. The van der Waals surface area contributed by atoms with Gasteiger partial charge in [-0.05, 0) is 42.3 Å². The number of carbonyl (C=O) groups excluding carboxylic acids is 2. The van der Waals surface area contributed by atoms with Gasteiger partial charge in [-0.3, -0.25) is 9.59 Å². The van der Waals surface area contributed by atoms with E-state index in [0.29, 0.717) is 34.3 Å². The van der Waals surface area contributed by atoms with Crippen LogP contribution in [0.1, 0.15) is 18.9 Å². The molecule has 0 unspecified atom stereocenters. The first-order valence-electron chi connectivity index (χ1n) is 8.85. The minimum absolute atomic E-state index is 0.0147. The summed E-state index contributed by atoms with van der Waals surface area (Å²) >= 11 is 11.9. The van der Waals surface area contributed by atoms with Crippen LogP contribution in [-0.2, 0) is 16.0 Å². The van der Waals surface area contributed by atoms with Crippen LogP contribution in [0.2, 0.25) is 10.0 Å². The first-order valence-corrected chi connectivity index (χ1v) is 9.60. The maximum atomic E-state index is 12.6. The fraction of sp³-hybridized carbons (Fsp3) is 0.300. The van der Waals surface area contributed by atoms with Gasteiger partial charge in [0, 0.05) is 11.6 Å². The van der Waals surface area contributed by atoms with E-state index >= 15 is 0 Å². The summed E-state index contributed by atoms with van der Waals surface area (Å²) in [6, 6.07) is 10.5. The standard InChI is InChI=1S/C20H20Cl2F2N2O3/c1-2-9-26(12-18(27)25-17-8-5-14(21)11-16(17)22)19(28)10-13-3-6-15(7-4-13)29-20(23)24/h3-8,11,20H,2,9-10,12H2,1H3,(H,25,27). The fourth-order valence-corrected chi connectivity index (χ4v) is 3.05. The van der Waals surface area contributed by atoms with E-state index in [2.05, 4.69) is 10.1 Å². The highest BCUT2D eigenvalue weighted by Gasteiger charge is 2.18. The molecule has 2 aromatic carbocycles. The van der Waals surface area contributed by atoms with E-state index in [0.717, 1.165) is 0 Å². The SMILES string of the molecule is CCCN(CC(=O)Nc1ccc(Cl)cc1Cl)C(=O)Cc1ccc(OC(F)F)cc1. The molecule has 5 nitrogen and oxygen atoms in total. The smallest absolute Gasteiger partial charge is 0.387 e. The van der Waals surface area contributed by atoms with Gasteiger partial charge >= 0.3 is 6.61 Å². The van der Waals surface area contributed by atoms with Crippen molar-refractivity contribution >= 4 is 40.7 Å². The number of nitrogens with zero attached hydrogens (tertiary/aromatic N) is 1. The molecular weight excluding hydrogens is 425 g/mol. The van der Waals surface area contributed by atoms with Crippen LogP contribution in [0, 0.1) is 0 Å². The van der Waals surface area contributed by atoms with Crippen molar-refractivity contribution in [3.63, 3.8) is 0 Å². The minimum atomic E-state index is -2.91. The van der Waals surface area contributed by atoms with E-state index < -0.39 is 12.5 Å². The lowest BCUT2D eigenvalue weighted by atomic mass is 10.1.